The van der Waals surface area contributed by atoms with E-state index < -0.39 is 0 Å². The Labute approximate surface area is 130 Å². The fraction of sp³-hybridized carbons (Fsp3) is 0.0667. The monoisotopic (exact) mass is 318 g/mol. The second kappa shape index (κ2) is 4.92. The normalized spacial score (nSPS) is 21.9. The molecule has 3 N–H and O–H groups in total. The van der Waals surface area contributed by atoms with Gasteiger partial charge < -0.3 is 10.6 Å². The summed E-state index contributed by atoms with van der Waals surface area (Å²) in [6.45, 7) is 0. The standard InChI is InChI=1S/C15H12N2OS2.H2O/c1-17-7-8-19-15(17)14-11(9-16-17)12(18)13(20-14)10-5-3-2-4-6-10;/h2-9,16H,1H3;1H2. The van der Waals surface area contributed by atoms with E-state index in [0.29, 0.717) is 10.3 Å². The highest BCUT2D eigenvalue weighted by Crippen LogP contribution is 2.37. The lowest BCUT2D eigenvalue weighted by Gasteiger charge is -2.27. The lowest BCUT2D eigenvalue weighted by atomic mass is 10.2. The van der Waals surface area contributed by atoms with Crippen LogP contribution in [-0.2, 0) is 0 Å². The molecular weight excluding hydrogens is 304 g/mol. The van der Waals surface area contributed by atoms with Gasteiger partial charge in [0.25, 0.3) is 0 Å². The third-order valence-electron chi connectivity index (χ3n) is 3.59. The molecule has 0 bridgehead atoms. The molecule has 0 amide bonds. The number of quaternary nitrogens is 1. The van der Waals surface area contributed by atoms with Gasteiger partial charge >= 0.3 is 0 Å². The average Bonchev–Trinajstić information content (AvgIpc) is 3.00. The first-order valence-electron chi connectivity index (χ1n) is 6.30. The van der Waals surface area contributed by atoms with Crippen molar-refractivity contribution in [3.05, 3.63) is 51.7 Å². The molecule has 0 radical (unpaired) electrons. The number of nitrogens with one attached hydrogen (secondary N) is 1. The predicted octanol–water partition coefficient (Wildman–Crippen LogP) is 1.93. The molecule has 0 fully saturated rings. The Kier molecular flexibility index (Phi) is 3.33. The van der Waals surface area contributed by atoms with Gasteiger partial charge in [0.05, 0.1) is 16.3 Å². The highest BCUT2D eigenvalue weighted by atomic mass is 32.2. The smallest absolute Gasteiger partial charge is 0.218 e. The van der Waals surface area contributed by atoms with Crippen LogP contribution in [0.3, 0.4) is 0 Å². The molecule has 1 atom stereocenters. The molecule has 1 aromatic carbocycles. The van der Waals surface area contributed by atoms with Crippen LogP contribution in [0.15, 0.2) is 41.9 Å². The third-order valence-corrected chi connectivity index (χ3v) is 6.03. The van der Waals surface area contributed by atoms with Crippen molar-refractivity contribution < 1.29 is 15.2 Å². The van der Waals surface area contributed by atoms with Gasteiger partial charge in [0.1, 0.15) is 23.5 Å². The maximum Gasteiger partial charge on any atom is 0.218 e. The van der Waals surface area contributed by atoms with Gasteiger partial charge in [0.2, 0.25) is 5.03 Å². The molecule has 1 unspecified atom stereocenters. The number of rotatable bonds is 1. The zero-order valence-corrected chi connectivity index (χ0v) is 12.9. The Morgan fingerprint density at radius 3 is 2.71 bits per heavy atom. The van der Waals surface area contributed by atoms with Gasteiger partial charge in [-0.25, -0.2) is 5.43 Å². The van der Waals surface area contributed by atoms with Crippen molar-refractivity contribution >= 4 is 34.3 Å². The van der Waals surface area contributed by atoms with Crippen LogP contribution in [0, 0.1) is 0 Å². The molecule has 2 aromatic rings. The van der Waals surface area contributed by atoms with Crippen LogP contribution < -0.4 is 15.2 Å². The molecule has 0 saturated carbocycles. The summed E-state index contributed by atoms with van der Waals surface area (Å²) < 4.78 is 1.73. The summed E-state index contributed by atoms with van der Waals surface area (Å²) in [5, 5.41) is 14.7. The van der Waals surface area contributed by atoms with E-state index in [9.17, 15) is 5.11 Å². The predicted molar refractivity (Wildman–Crippen MR) is 86.5 cm³/mol. The Morgan fingerprint density at radius 2 is 1.95 bits per heavy atom. The number of hydrogen-bond acceptors (Lipinski definition) is 5. The SMILES string of the molecule is C[N+]12C=CSC1=c1sc(-c3ccccc3)c(O)c1=CN2.[OH-]. The molecule has 0 saturated heterocycles. The average molecular weight is 318 g/mol. The molecule has 1 aromatic heterocycles. The summed E-state index contributed by atoms with van der Waals surface area (Å²) in [7, 11) is 2.10. The maximum absolute atomic E-state index is 10.5. The lowest BCUT2D eigenvalue weighted by Crippen LogP contribution is -2.51. The molecule has 3 heterocycles. The summed E-state index contributed by atoms with van der Waals surface area (Å²) in [5.74, 6) is 0.370. The molecule has 4 nitrogen and oxygen atoms in total. The van der Waals surface area contributed by atoms with Crippen LogP contribution in [0.4, 0.5) is 0 Å². The fourth-order valence-electron chi connectivity index (χ4n) is 2.47. The summed E-state index contributed by atoms with van der Waals surface area (Å²) in [5.41, 5.74) is 4.39. The quantitative estimate of drug-likeness (QED) is 0.789. The largest absolute Gasteiger partial charge is 0.870 e. The van der Waals surface area contributed by atoms with Gasteiger partial charge in [-0.2, -0.15) is 4.59 Å². The van der Waals surface area contributed by atoms with E-state index in [0.717, 1.165) is 20.2 Å². The number of fused-ring (bicyclic) bond motifs is 2. The van der Waals surface area contributed by atoms with Crippen molar-refractivity contribution in [1.29, 1.82) is 0 Å². The number of hydrogen-bond donors (Lipinski definition) is 2. The molecule has 6 heteroatoms. The van der Waals surface area contributed by atoms with E-state index in [2.05, 4.69) is 24.1 Å². The Balaban J connectivity index is 0.00000132. The molecule has 0 spiro atoms. The molecule has 0 aliphatic carbocycles. The second-order valence-corrected chi connectivity index (χ2v) is 6.86. The van der Waals surface area contributed by atoms with E-state index in [-0.39, 0.29) is 5.48 Å². The number of thioether (sulfide) groups is 1. The van der Waals surface area contributed by atoms with Crippen molar-refractivity contribution in [2.24, 2.45) is 0 Å². The van der Waals surface area contributed by atoms with E-state index in [1.54, 1.807) is 23.1 Å². The summed E-state index contributed by atoms with van der Waals surface area (Å²) >= 11 is 3.37. The molecule has 2 aliphatic heterocycles. The molecule has 4 rings (SSSR count). The van der Waals surface area contributed by atoms with Crippen LogP contribution in [0.25, 0.3) is 21.7 Å². The first-order valence-corrected chi connectivity index (χ1v) is 7.99. The Morgan fingerprint density at radius 1 is 1.19 bits per heavy atom. The summed E-state index contributed by atoms with van der Waals surface area (Å²) in [6, 6.07) is 10.0. The zero-order chi connectivity index (χ0) is 13.7. The van der Waals surface area contributed by atoms with E-state index in [1.165, 1.54) is 5.03 Å². The third kappa shape index (κ3) is 1.99. The van der Waals surface area contributed by atoms with Crippen LogP contribution in [0.1, 0.15) is 0 Å². The van der Waals surface area contributed by atoms with Gasteiger partial charge in [-0.1, -0.05) is 30.3 Å². The fourth-order valence-corrected chi connectivity index (χ4v) is 4.93. The molecular formula is C15H14N2O2S2. The highest BCUT2D eigenvalue weighted by Gasteiger charge is 2.35. The molecule has 108 valence electrons. The van der Waals surface area contributed by atoms with Crippen LogP contribution in [-0.4, -0.2) is 22.2 Å². The summed E-state index contributed by atoms with van der Waals surface area (Å²) in [6.07, 6.45) is 4.02. The van der Waals surface area contributed by atoms with Crippen molar-refractivity contribution in [3.63, 3.8) is 0 Å². The first kappa shape index (κ1) is 14.2. The minimum atomic E-state index is 0. The van der Waals surface area contributed by atoms with Gasteiger partial charge in [-0.3, -0.25) is 0 Å². The van der Waals surface area contributed by atoms with E-state index in [4.69, 9.17) is 0 Å². The van der Waals surface area contributed by atoms with Crippen LogP contribution >= 0.6 is 23.1 Å². The van der Waals surface area contributed by atoms with Gasteiger partial charge in [0, 0.05) is 5.41 Å². The van der Waals surface area contributed by atoms with E-state index in [1.807, 2.05) is 36.5 Å². The van der Waals surface area contributed by atoms with Crippen LogP contribution in [0.2, 0.25) is 0 Å². The Bertz CT molecular complexity index is 843. The highest BCUT2D eigenvalue weighted by molar-refractivity contribution is 8.10. The molecule has 2 aliphatic rings. The number of benzene rings is 1. The number of thiophene rings is 1. The maximum atomic E-state index is 10.5. The van der Waals surface area contributed by atoms with Gasteiger partial charge in [-0.05, 0) is 17.3 Å². The van der Waals surface area contributed by atoms with Crippen molar-refractivity contribution in [2.75, 3.05) is 7.05 Å². The lowest BCUT2D eigenvalue weighted by molar-refractivity contribution is -0.819. The summed E-state index contributed by atoms with van der Waals surface area (Å²) in [4.78, 5) is 0.933. The van der Waals surface area contributed by atoms with Gasteiger partial charge in [0.15, 0.2) is 0 Å². The van der Waals surface area contributed by atoms with Gasteiger partial charge in [-0.15, -0.1) is 11.3 Å². The molecule has 21 heavy (non-hydrogen) atoms. The minimum Gasteiger partial charge on any atom is -0.870 e. The minimum absolute atomic E-state index is 0. The van der Waals surface area contributed by atoms with Crippen LogP contribution in [0.5, 0.6) is 5.75 Å². The van der Waals surface area contributed by atoms with E-state index >= 15 is 0 Å². The zero-order valence-electron chi connectivity index (χ0n) is 11.3. The van der Waals surface area contributed by atoms with Crippen molar-refractivity contribution in [1.82, 2.24) is 5.43 Å². The first-order chi connectivity index (χ1) is 9.69. The van der Waals surface area contributed by atoms with Crippen molar-refractivity contribution in [3.8, 4) is 16.2 Å². The Hall–Kier alpha value is -1.73. The number of aromatic hydroxyl groups is 1. The number of nitrogens with zero attached hydrogens (tertiary/aromatic N) is 1. The van der Waals surface area contributed by atoms with Crippen molar-refractivity contribution in [2.45, 2.75) is 0 Å². The topological polar surface area (TPSA) is 62.3 Å². The second-order valence-electron chi connectivity index (χ2n) is 4.95.